The number of hydrogen-bond acceptors (Lipinski definition) is 3. The van der Waals surface area contributed by atoms with E-state index >= 15 is 0 Å². The van der Waals surface area contributed by atoms with Crippen LogP contribution in [0.15, 0.2) is 48.5 Å². The normalized spacial score (nSPS) is 12.1. The summed E-state index contributed by atoms with van der Waals surface area (Å²) in [5.41, 5.74) is 2.59. The zero-order valence-electron chi connectivity index (χ0n) is 15.5. The van der Waals surface area contributed by atoms with Crippen LogP contribution in [0.4, 0.5) is 0 Å². The number of nitrogens with zero attached hydrogens (tertiary/aromatic N) is 2. The number of fused-ring (bicyclic) bond motifs is 1. The summed E-state index contributed by atoms with van der Waals surface area (Å²) < 4.78 is 7.51. The van der Waals surface area contributed by atoms with Crippen molar-refractivity contribution in [2.75, 3.05) is 7.11 Å². The number of carbonyl (C=O) groups is 1. The molecule has 0 aliphatic carbocycles. The van der Waals surface area contributed by atoms with Crippen molar-refractivity contribution in [2.24, 2.45) is 0 Å². The zero-order valence-corrected chi connectivity index (χ0v) is 15.5. The van der Waals surface area contributed by atoms with E-state index in [2.05, 4.69) is 22.9 Å². The van der Waals surface area contributed by atoms with Crippen molar-refractivity contribution in [1.29, 1.82) is 0 Å². The number of unbranched alkanes of at least 4 members (excludes halogenated alkanes) is 1. The van der Waals surface area contributed by atoms with Crippen LogP contribution in [-0.4, -0.2) is 22.6 Å². The molecule has 0 spiro atoms. The standard InChI is InChI=1S/C21H25N3O2/c1-4-5-14-24-18-12-8-7-11-17(18)23-20(24)15(2)22-21(25)16-10-6-9-13-19(16)26-3/h6-13,15H,4-5,14H2,1-3H3,(H,22,25). The fourth-order valence-corrected chi connectivity index (χ4v) is 3.15. The van der Waals surface area contributed by atoms with Gasteiger partial charge in [-0.15, -0.1) is 0 Å². The van der Waals surface area contributed by atoms with Gasteiger partial charge >= 0.3 is 0 Å². The van der Waals surface area contributed by atoms with Crippen molar-refractivity contribution in [3.8, 4) is 5.75 Å². The first-order valence-corrected chi connectivity index (χ1v) is 9.04. The van der Waals surface area contributed by atoms with Crippen molar-refractivity contribution in [3.63, 3.8) is 0 Å². The predicted octanol–water partition coefficient (Wildman–Crippen LogP) is 4.34. The summed E-state index contributed by atoms with van der Waals surface area (Å²) in [5.74, 6) is 1.28. The van der Waals surface area contributed by atoms with Crippen LogP contribution in [0.5, 0.6) is 5.75 Å². The maximum Gasteiger partial charge on any atom is 0.255 e. The van der Waals surface area contributed by atoms with Crippen LogP contribution in [0.1, 0.15) is 48.9 Å². The van der Waals surface area contributed by atoms with Gasteiger partial charge in [-0.05, 0) is 37.6 Å². The highest BCUT2D eigenvalue weighted by Crippen LogP contribution is 2.23. The molecule has 3 rings (SSSR count). The summed E-state index contributed by atoms with van der Waals surface area (Å²) in [6, 6.07) is 15.1. The third-order valence-corrected chi connectivity index (χ3v) is 4.51. The largest absolute Gasteiger partial charge is 0.496 e. The van der Waals surface area contributed by atoms with Gasteiger partial charge in [0.25, 0.3) is 5.91 Å². The molecule has 1 heterocycles. The Kier molecular flexibility index (Phi) is 5.56. The number of rotatable bonds is 7. The number of para-hydroxylation sites is 3. The van der Waals surface area contributed by atoms with E-state index in [1.807, 2.05) is 37.3 Å². The Morgan fingerprint density at radius 1 is 1.19 bits per heavy atom. The van der Waals surface area contributed by atoms with Crippen LogP contribution in [0, 0.1) is 0 Å². The van der Waals surface area contributed by atoms with Crippen molar-refractivity contribution >= 4 is 16.9 Å². The first-order valence-electron chi connectivity index (χ1n) is 9.04. The molecule has 26 heavy (non-hydrogen) atoms. The zero-order chi connectivity index (χ0) is 18.5. The molecule has 0 saturated carbocycles. The fourth-order valence-electron chi connectivity index (χ4n) is 3.15. The summed E-state index contributed by atoms with van der Waals surface area (Å²) >= 11 is 0. The molecule has 0 aliphatic heterocycles. The molecular weight excluding hydrogens is 326 g/mol. The van der Waals surface area contributed by atoms with E-state index in [4.69, 9.17) is 9.72 Å². The molecule has 0 radical (unpaired) electrons. The van der Waals surface area contributed by atoms with Crippen LogP contribution in [0.25, 0.3) is 11.0 Å². The van der Waals surface area contributed by atoms with Crippen molar-refractivity contribution < 1.29 is 9.53 Å². The lowest BCUT2D eigenvalue weighted by Crippen LogP contribution is -2.29. The molecule has 0 fully saturated rings. The summed E-state index contributed by atoms with van der Waals surface area (Å²) in [7, 11) is 1.57. The minimum atomic E-state index is -0.211. The van der Waals surface area contributed by atoms with E-state index in [1.165, 1.54) is 0 Å². The van der Waals surface area contributed by atoms with Crippen LogP contribution in [-0.2, 0) is 6.54 Å². The molecule has 2 aromatic carbocycles. The second kappa shape index (κ2) is 8.04. The molecule has 1 N–H and O–H groups in total. The number of carbonyl (C=O) groups excluding carboxylic acids is 1. The number of amides is 1. The maximum absolute atomic E-state index is 12.7. The highest BCUT2D eigenvalue weighted by molar-refractivity contribution is 5.97. The summed E-state index contributed by atoms with van der Waals surface area (Å²) in [6.07, 6.45) is 2.18. The average Bonchev–Trinajstić information content (AvgIpc) is 3.05. The van der Waals surface area contributed by atoms with Gasteiger partial charge in [0.2, 0.25) is 0 Å². The number of aryl methyl sites for hydroxylation is 1. The quantitative estimate of drug-likeness (QED) is 0.689. The van der Waals surface area contributed by atoms with E-state index in [9.17, 15) is 4.79 Å². The number of imidazole rings is 1. The van der Waals surface area contributed by atoms with Gasteiger partial charge in [-0.3, -0.25) is 4.79 Å². The highest BCUT2D eigenvalue weighted by atomic mass is 16.5. The molecule has 1 amide bonds. The van der Waals surface area contributed by atoms with Gasteiger partial charge < -0.3 is 14.6 Å². The van der Waals surface area contributed by atoms with Crippen LogP contribution in [0.3, 0.4) is 0 Å². The molecule has 136 valence electrons. The van der Waals surface area contributed by atoms with Gasteiger partial charge in [0, 0.05) is 6.54 Å². The van der Waals surface area contributed by atoms with Gasteiger partial charge in [-0.2, -0.15) is 0 Å². The van der Waals surface area contributed by atoms with Crippen molar-refractivity contribution in [3.05, 3.63) is 59.9 Å². The minimum absolute atomic E-state index is 0.163. The van der Waals surface area contributed by atoms with E-state index in [0.29, 0.717) is 11.3 Å². The number of nitrogens with one attached hydrogen (secondary N) is 1. The first-order chi connectivity index (χ1) is 12.7. The number of methoxy groups -OCH3 is 1. The molecule has 1 unspecified atom stereocenters. The number of hydrogen-bond donors (Lipinski definition) is 1. The van der Waals surface area contributed by atoms with E-state index in [-0.39, 0.29) is 11.9 Å². The monoisotopic (exact) mass is 351 g/mol. The molecule has 0 bridgehead atoms. The Balaban J connectivity index is 1.89. The minimum Gasteiger partial charge on any atom is -0.496 e. The van der Waals surface area contributed by atoms with Gasteiger partial charge in [0.1, 0.15) is 11.6 Å². The number of benzene rings is 2. The third-order valence-electron chi connectivity index (χ3n) is 4.51. The summed E-state index contributed by atoms with van der Waals surface area (Å²) in [4.78, 5) is 17.5. The Morgan fingerprint density at radius 3 is 2.69 bits per heavy atom. The topological polar surface area (TPSA) is 56.2 Å². The fraction of sp³-hybridized carbons (Fsp3) is 0.333. The molecule has 0 aliphatic rings. The summed E-state index contributed by atoms with van der Waals surface area (Å²) in [6.45, 7) is 5.03. The molecule has 5 heteroatoms. The average molecular weight is 351 g/mol. The predicted molar refractivity (Wildman–Crippen MR) is 104 cm³/mol. The Labute approximate surface area is 154 Å². The lowest BCUT2D eigenvalue weighted by atomic mass is 10.1. The maximum atomic E-state index is 12.7. The van der Waals surface area contributed by atoms with Crippen LogP contribution in [0.2, 0.25) is 0 Å². The Morgan fingerprint density at radius 2 is 1.92 bits per heavy atom. The molecule has 1 aromatic heterocycles. The SMILES string of the molecule is CCCCn1c(C(C)NC(=O)c2ccccc2OC)nc2ccccc21. The lowest BCUT2D eigenvalue weighted by Gasteiger charge is -2.17. The molecular formula is C21H25N3O2. The van der Waals surface area contributed by atoms with Gasteiger partial charge in [0.05, 0.1) is 29.7 Å². The van der Waals surface area contributed by atoms with Gasteiger partial charge in [-0.1, -0.05) is 37.6 Å². The van der Waals surface area contributed by atoms with Crippen molar-refractivity contribution in [2.45, 2.75) is 39.3 Å². The third kappa shape index (κ3) is 3.57. The molecule has 3 aromatic rings. The van der Waals surface area contributed by atoms with Gasteiger partial charge in [-0.25, -0.2) is 4.98 Å². The van der Waals surface area contributed by atoms with Gasteiger partial charge in [0.15, 0.2) is 0 Å². The smallest absolute Gasteiger partial charge is 0.255 e. The number of aromatic nitrogens is 2. The highest BCUT2D eigenvalue weighted by Gasteiger charge is 2.20. The van der Waals surface area contributed by atoms with Crippen LogP contribution < -0.4 is 10.1 Å². The van der Waals surface area contributed by atoms with Crippen LogP contribution >= 0.6 is 0 Å². The molecule has 0 saturated heterocycles. The molecule has 5 nitrogen and oxygen atoms in total. The van der Waals surface area contributed by atoms with Crippen molar-refractivity contribution in [1.82, 2.24) is 14.9 Å². The Hall–Kier alpha value is -2.82. The first kappa shape index (κ1) is 18.0. The Bertz CT molecular complexity index is 901. The summed E-state index contributed by atoms with van der Waals surface area (Å²) in [5, 5.41) is 3.06. The molecule has 1 atom stereocenters. The van der Waals surface area contributed by atoms with E-state index in [1.54, 1.807) is 19.2 Å². The lowest BCUT2D eigenvalue weighted by molar-refractivity contribution is 0.0934. The van der Waals surface area contributed by atoms with E-state index in [0.717, 1.165) is 36.2 Å². The van der Waals surface area contributed by atoms with E-state index < -0.39 is 0 Å². The number of ether oxygens (including phenoxy) is 1. The second-order valence-electron chi connectivity index (χ2n) is 6.36. The second-order valence-corrected chi connectivity index (χ2v) is 6.36.